The summed E-state index contributed by atoms with van der Waals surface area (Å²) in [6.45, 7) is 4.16. The number of nitrogens with zero attached hydrogens (tertiary/aromatic N) is 5. The molecule has 0 unspecified atom stereocenters. The number of sulfonamides is 1. The molecule has 1 fully saturated rings. The molecule has 5 heterocycles. The van der Waals surface area contributed by atoms with Gasteiger partial charge in [0.25, 0.3) is 0 Å². The van der Waals surface area contributed by atoms with E-state index in [0.717, 1.165) is 22.2 Å². The fourth-order valence-corrected chi connectivity index (χ4v) is 6.08. The van der Waals surface area contributed by atoms with E-state index in [4.69, 9.17) is 9.51 Å². The Labute approximate surface area is 186 Å². The van der Waals surface area contributed by atoms with Crippen molar-refractivity contribution < 1.29 is 12.9 Å². The number of pyridine rings is 3. The average molecular weight is 450 g/mol. The van der Waals surface area contributed by atoms with Crippen molar-refractivity contribution in [3.63, 3.8) is 0 Å². The Morgan fingerprint density at radius 2 is 1.78 bits per heavy atom. The molecule has 0 radical (unpaired) electrons. The average Bonchev–Trinajstić information content (AvgIpc) is 3.17. The highest BCUT2D eigenvalue weighted by Gasteiger charge is 2.34. The standard InChI is InChI=1S/C23H23N5O3S/c1-15-22(16(2)31-27-15)32(29,30)28-11-7-18(8-12-28)21-4-3-19-13-20(14-25-23(19)26-21)17-5-9-24-10-6-17/h3-6,9-10,13-14,18H,7-8,11-12H2,1-2H3. The lowest BCUT2D eigenvalue weighted by atomic mass is 9.94. The van der Waals surface area contributed by atoms with Gasteiger partial charge >= 0.3 is 0 Å². The van der Waals surface area contributed by atoms with Crippen LogP contribution in [0, 0.1) is 13.8 Å². The van der Waals surface area contributed by atoms with Crippen LogP contribution in [0.2, 0.25) is 0 Å². The predicted molar refractivity (Wildman–Crippen MR) is 119 cm³/mol. The Kier molecular flexibility index (Phi) is 5.22. The third-order valence-electron chi connectivity index (χ3n) is 6.02. The molecule has 9 heteroatoms. The van der Waals surface area contributed by atoms with Crippen molar-refractivity contribution in [2.24, 2.45) is 0 Å². The summed E-state index contributed by atoms with van der Waals surface area (Å²) in [5, 5.41) is 4.77. The molecule has 1 aliphatic heterocycles. The number of hydrogen-bond acceptors (Lipinski definition) is 7. The van der Waals surface area contributed by atoms with Crippen LogP contribution in [0.4, 0.5) is 0 Å². The molecule has 0 N–H and O–H groups in total. The summed E-state index contributed by atoms with van der Waals surface area (Å²) < 4.78 is 32.7. The van der Waals surface area contributed by atoms with E-state index in [2.05, 4.69) is 21.2 Å². The van der Waals surface area contributed by atoms with E-state index in [0.29, 0.717) is 43.0 Å². The second-order valence-electron chi connectivity index (χ2n) is 8.07. The highest BCUT2D eigenvalue weighted by atomic mass is 32.2. The topological polar surface area (TPSA) is 102 Å². The molecule has 32 heavy (non-hydrogen) atoms. The molecule has 0 saturated carbocycles. The Bertz CT molecular complexity index is 1360. The van der Waals surface area contributed by atoms with Gasteiger partial charge in [-0.3, -0.25) is 4.98 Å². The van der Waals surface area contributed by atoms with Gasteiger partial charge in [-0.2, -0.15) is 4.31 Å². The van der Waals surface area contributed by atoms with E-state index in [1.54, 1.807) is 26.2 Å². The lowest BCUT2D eigenvalue weighted by Gasteiger charge is -2.30. The minimum atomic E-state index is -3.61. The number of hydrogen-bond donors (Lipinski definition) is 0. The van der Waals surface area contributed by atoms with Crippen LogP contribution in [0.3, 0.4) is 0 Å². The van der Waals surface area contributed by atoms with Crippen molar-refractivity contribution in [3.8, 4) is 11.1 Å². The number of rotatable bonds is 4. The van der Waals surface area contributed by atoms with Gasteiger partial charge in [-0.15, -0.1) is 0 Å². The maximum atomic E-state index is 13.1. The summed E-state index contributed by atoms with van der Waals surface area (Å²) in [6.07, 6.45) is 6.76. The molecular weight excluding hydrogens is 426 g/mol. The van der Waals surface area contributed by atoms with Crippen molar-refractivity contribution in [3.05, 3.63) is 66.1 Å². The van der Waals surface area contributed by atoms with Crippen LogP contribution in [0.5, 0.6) is 0 Å². The lowest BCUT2D eigenvalue weighted by molar-refractivity contribution is 0.316. The molecule has 4 aromatic heterocycles. The first kappa shape index (κ1) is 20.7. The second kappa shape index (κ2) is 8.07. The number of aromatic nitrogens is 4. The van der Waals surface area contributed by atoms with Crippen molar-refractivity contribution in [2.45, 2.75) is 37.5 Å². The third kappa shape index (κ3) is 3.67. The molecule has 164 valence electrons. The van der Waals surface area contributed by atoms with Crippen LogP contribution in [-0.4, -0.2) is 45.9 Å². The van der Waals surface area contributed by atoms with Crippen LogP contribution in [0.25, 0.3) is 22.2 Å². The Morgan fingerprint density at radius 1 is 1.03 bits per heavy atom. The van der Waals surface area contributed by atoms with Crippen molar-refractivity contribution >= 4 is 21.1 Å². The van der Waals surface area contributed by atoms with Gasteiger partial charge in [0.1, 0.15) is 10.6 Å². The zero-order valence-electron chi connectivity index (χ0n) is 17.9. The molecule has 0 aromatic carbocycles. The molecule has 0 spiro atoms. The van der Waals surface area contributed by atoms with Crippen molar-refractivity contribution in [1.82, 2.24) is 24.4 Å². The molecule has 5 rings (SSSR count). The van der Waals surface area contributed by atoms with Crippen LogP contribution < -0.4 is 0 Å². The summed E-state index contributed by atoms with van der Waals surface area (Å²) in [5.74, 6) is 0.523. The molecule has 0 amide bonds. The Hall–Kier alpha value is -3.17. The fraction of sp³-hybridized carbons (Fsp3) is 0.304. The van der Waals surface area contributed by atoms with Crippen LogP contribution >= 0.6 is 0 Å². The Morgan fingerprint density at radius 3 is 2.47 bits per heavy atom. The van der Waals surface area contributed by atoms with Crippen LogP contribution in [0.1, 0.15) is 35.9 Å². The SMILES string of the molecule is Cc1noc(C)c1S(=O)(=O)N1CCC(c2ccc3cc(-c4ccncc4)cnc3n2)CC1. The van der Waals surface area contributed by atoms with E-state index in [1.807, 2.05) is 30.5 Å². The maximum Gasteiger partial charge on any atom is 0.248 e. The molecule has 1 saturated heterocycles. The lowest BCUT2D eigenvalue weighted by Crippen LogP contribution is -2.38. The van der Waals surface area contributed by atoms with Gasteiger partial charge in [0.15, 0.2) is 11.4 Å². The quantitative estimate of drug-likeness (QED) is 0.466. The molecule has 1 aliphatic rings. The largest absolute Gasteiger partial charge is 0.360 e. The number of aryl methyl sites for hydroxylation is 2. The van der Waals surface area contributed by atoms with Gasteiger partial charge in [-0.25, -0.2) is 18.4 Å². The molecule has 0 aliphatic carbocycles. The van der Waals surface area contributed by atoms with Crippen LogP contribution in [0.15, 0.2) is 58.3 Å². The number of fused-ring (bicyclic) bond motifs is 1. The van der Waals surface area contributed by atoms with E-state index in [1.165, 1.54) is 4.31 Å². The summed E-state index contributed by atoms with van der Waals surface area (Å²) in [4.78, 5) is 13.6. The van der Waals surface area contributed by atoms with E-state index in [9.17, 15) is 8.42 Å². The van der Waals surface area contributed by atoms with Crippen molar-refractivity contribution in [2.75, 3.05) is 13.1 Å². The highest BCUT2D eigenvalue weighted by molar-refractivity contribution is 7.89. The zero-order valence-corrected chi connectivity index (χ0v) is 18.7. The summed E-state index contributed by atoms with van der Waals surface area (Å²) in [5.41, 5.74) is 4.14. The third-order valence-corrected chi connectivity index (χ3v) is 8.16. The molecular formula is C23H23N5O3S. The summed E-state index contributed by atoms with van der Waals surface area (Å²) >= 11 is 0. The normalized spacial score (nSPS) is 15.9. The molecule has 4 aromatic rings. The summed E-state index contributed by atoms with van der Waals surface area (Å²) in [6, 6.07) is 10.1. The van der Waals surface area contributed by atoms with Crippen molar-refractivity contribution in [1.29, 1.82) is 0 Å². The highest BCUT2D eigenvalue weighted by Crippen LogP contribution is 2.32. The van der Waals surface area contributed by atoms with Gasteiger partial charge < -0.3 is 4.52 Å². The molecule has 0 atom stereocenters. The monoisotopic (exact) mass is 449 g/mol. The molecule has 8 nitrogen and oxygen atoms in total. The van der Waals surface area contributed by atoms with Gasteiger partial charge in [-0.1, -0.05) is 5.16 Å². The van der Waals surface area contributed by atoms with E-state index >= 15 is 0 Å². The first-order valence-electron chi connectivity index (χ1n) is 10.5. The second-order valence-corrected chi connectivity index (χ2v) is 9.95. The minimum absolute atomic E-state index is 0.189. The van der Waals surface area contributed by atoms with Gasteiger partial charge in [-0.05, 0) is 62.6 Å². The predicted octanol–water partition coefficient (Wildman–Crippen LogP) is 3.86. The van der Waals surface area contributed by atoms with E-state index < -0.39 is 10.0 Å². The first-order valence-corrected chi connectivity index (χ1v) is 12.0. The Balaban J connectivity index is 1.34. The summed E-state index contributed by atoms with van der Waals surface area (Å²) in [7, 11) is -3.61. The van der Waals surface area contributed by atoms with Gasteiger partial charge in [0.2, 0.25) is 10.0 Å². The first-order chi connectivity index (χ1) is 15.4. The number of piperidine rings is 1. The fourth-order valence-electron chi connectivity index (χ4n) is 4.32. The maximum absolute atomic E-state index is 13.1. The minimum Gasteiger partial charge on any atom is -0.360 e. The van der Waals surface area contributed by atoms with Gasteiger partial charge in [0.05, 0.1) is 0 Å². The smallest absolute Gasteiger partial charge is 0.248 e. The van der Waals surface area contributed by atoms with Gasteiger partial charge in [0, 0.05) is 54.2 Å². The zero-order chi connectivity index (χ0) is 22.3. The van der Waals surface area contributed by atoms with E-state index in [-0.39, 0.29) is 10.8 Å². The van der Waals surface area contributed by atoms with Crippen LogP contribution in [-0.2, 0) is 10.0 Å². The molecule has 0 bridgehead atoms.